The fourth-order valence-corrected chi connectivity index (χ4v) is 4.33. The Morgan fingerprint density at radius 1 is 0.941 bits per heavy atom. The number of nitrogens with zero attached hydrogens (tertiary/aromatic N) is 2. The summed E-state index contributed by atoms with van der Waals surface area (Å²) in [6.45, 7) is 0. The van der Waals surface area contributed by atoms with E-state index in [-0.39, 0.29) is 10.7 Å². The molecule has 1 aliphatic heterocycles. The summed E-state index contributed by atoms with van der Waals surface area (Å²) in [6, 6.07) is 16.9. The van der Waals surface area contributed by atoms with Gasteiger partial charge in [0.25, 0.3) is 0 Å². The number of benzene rings is 3. The van der Waals surface area contributed by atoms with Crippen molar-refractivity contribution < 1.29 is 26.3 Å². The highest BCUT2D eigenvalue weighted by Gasteiger charge is 2.62. The lowest BCUT2D eigenvalue weighted by molar-refractivity contribution is -0.249. The fraction of sp³-hybridized carbons (Fsp3) is 0.208. The molecule has 0 radical (unpaired) electrons. The number of halogens is 7. The summed E-state index contributed by atoms with van der Waals surface area (Å²) in [5.41, 5.74) is 0.542. The Bertz CT molecular complexity index is 1230. The third-order valence-corrected chi connectivity index (χ3v) is 6.44. The molecule has 0 aromatic heterocycles. The molecule has 1 atom stereocenters. The van der Waals surface area contributed by atoms with Crippen LogP contribution in [0.3, 0.4) is 0 Å². The van der Waals surface area contributed by atoms with Crippen molar-refractivity contribution in [3.05, 3.63) is 83.1 Å². The first-order valence-electron chi connectivity index (χ1n) is 10.0. The van der Waals surface area contributed by atoms with Crippen LogP contribution in [0.2, 0.25) is 5.02 Å². The van der Waals surface area contributed by atoms with E-state index >= 15 is 0 Å². The van der Waals surface area contributed by atoms with Crippen LogP contribution in [0.4, 0.5) is 32.0 Å². The predicted molar refractivity (Wildman–Crippen MR) is 123 cm³/mol. The van der Waals surface area contributed by atoms with Gasteiger partial charge < -0.3 is 0 Å². The number of hydrazone groups is 1. The molecule has 0 saturated carbocycles. The molecule has 34 heavy (non-hydrogen) atoms. The molecule has 4 rings (SSSR count). The molecule has 0 spiro atoms. The Morgan fingerprint density at radius 3 is 2.26 bits per heavy atom. The maximum atomic E-state index is 14.6. The smallest absolute Gasteiger partial charge is 0.255 e. The summed E-state index contributed by atoms with van der Waals surface area (Å²) in [7, 11) is 0. The van der Waals surface area contributed by atoms with Crippen molar-refractivity contribution in [3.63, 3.8) is 0 Å². The Balaban J connectivity index is 1.73. The number of hydrogen-bond donors (Lipinski definition) is 0. The van der Waals surface area contributed by atoms with Crippen LogP contribution < -0.4 is 5.01 Å². The van der Waals surface area contributed by atoms with Crippen LogP contribution in [0.5, 0.6) is 0 Å². The summed E-state index contributed by atoms with van der Waals surface area (Å²) >= 11 is 7.35. The van der Waals surface area contributed by atoms with Gasteiger partial charge in [-0.25, -0.2) is 4.39 Å². The van der Waals surface area contributed by atoms with Crippen molar-refractivity contribution in [1.82, 2.24) is 0 Å². The number of thioether (sulfide) groups is 1. The van der Waals surface area contributed by atoms with E-state index in [0.29, 0.717) is 5.56 Å². The minimum absolute atomic E-state index is 0.0543. The summed E-state index contributed by atoms with van der Waals surface area (Å²) < 4.78 is 82.0. The molecule has 0 saturated heterocycles. The molecule has 10 heteroatoms. The Morgan fingerprint density at radius 2 is 1.65 bits per heavy atom. The van der Waals surface area contributed by atoms with E-state index in [1.807, 2.05) is 30.5 Å². The zero-order chi connectivity index (χ0) is 24.7. The zero-order valence-electron chi connectivity index (χ0n) is 17.6. The van der Waals surface area contributed by atoms with Crippen LogP contribution in [-0.2, 0) is 0 Å². The van der Waals surface area contributed by atoms with E-state index in [2.05, 4.69) is 5.10 Å². The van der Waals surface area contributed by atoms with Gasteiger partial charge in [-0.15, -0.1) is 11.8 Å². The van der Waals surface area contributed by atoms with Crippen molar-refractivity contribution >= 4 is 34.8 Å². The molecular weight excluding hydrogens is 498 g/mol. The van der Waals surface area contributed by atoms with Crippen LogP contribution in [-0.4, -0.2) is 24.1 Å². The van der Waals surface area contributed by atoms with Gasteiger partial charge in [0.1, 0.15) is 11.5 Å². The van der Waals surface area contributed by atoms with Gasteiger partial charge in [0.05, 0.1) is 11.7 Å². The van der Waals surface area contributed by atoms with Gasteiger partial charge in [-0.1, -0.05) is 48.0 Å². The monoisotopic (exact) mass is 514 g/mol. The number of rotatable bonds is 5. The predicted octanol–water partition coefficient (Wildman–Crippen LogP) is 8.37. The van der Waals surface area contributed by atoms with E-state index in [1.54, 1.807) is 36.0 Å². The van der Waals surface area contributed by atoms with Crippen LogP contribution >= 0.6 is 23.4 Å². The largest absolute Gasteiger partial charge is 0.459 e. The molecule has 2 nitrogen and oxygen atoms in total. The molecule has 1 heterocycles. The zero-order valence-corrected chi connectivity index (χ0v) is 19.2. The highest BCUT2D eigenvalue weighted by Crippen LogP contribution is 2.45. The van der Waals surface area contributed by atoms with Crippen LogP contribution in [0.25, 0.3) is 11.1 Å². The molecule has 0 fully saturated rings. The molecule has 178 valence electrons. The van der Waals surface area contributed by atoms with Crippen molar-refractivity contribution in [2.24, 2.45) is 5.10 Å². The van der Waals surface area contributed by atoms with E-state index in [1.165, 1.54) is 12.1 Å². The highest BCUT2D eigenvalue weighted by atomic mass is 35.5. The lowest BCUT2D eigenvalue weighted by Gasteiger charge is -2.24. The van der Waals surface area contributed by atoms with E-state index in [0.717, 1.165) is 27.1 Å². The summed E-state index contributed by atoms with van der Waals surface area (Å²) in [5, 5.41) is 4.46. The molecule has 0 aliphatic carbocycles. The van der Waals surface area contributed by atoms with Crippen LogP contribution in [0.15, 0.2) is 76.7 Å². The maximum Gasteiger partial charge on any atom is 0.459 e. The lowest BCUT2D eigenvalue weighted by atomic mass is 9.96. The van der Waals surface area contributed by atoms with Gasteiger partial charge >= 0.3 is 12.1 Å². The number of alkyl halides is 5. The molecule has 0 bridgehead atoms. The molecule has 3 aromatic carbocycles. The molecule has 0 amide bonds. The first-order valence-corrected chi connectivity index (χ1v) is 11.6. The fourth-order valence-electron chi connectivity index (χ4n) is 3.71. The quantitative estimate of drug-likeness (QED) is 0.251. The van der Waals surface area contributed by atoms with Gasteiger partial charge in [0, 0.05) is 16.3 Å². The van der Waals surface area contributed by atoms with E-state index in [9.17, 15) is 26.3 Å². The summed E-state index contributed by atoms with van der Waals surface area (Å²) in [6.07, 6.45) is -4.60. The average molecular weight is 515 g/mol. The molecule has 1 aliphatic rings. The lowest BCUT2D eigenvalue weighted by Crippen LogP contribution is -2.43. The molecule has 3 aromatic rings. The minimum Gasteiger partial charge on any atom is -0.255 e. The Hall–Kier alpha value is -2.65. The first kappa shape index (κ1) is 24.5. The van der Waals surface area contributed by atoms with E-state index < -0.39 is 36.1 Å². The summed E-state index contributed by atoms with van der Waals surface area (Å²) in [4.78, 5) is 1.05. The number of hydrogen-bond acceptors (Lipinski definition) is 3. The van der Waals surface area contributed by atoms with Crippen LogP contribution in [0, 0.1) is 5.82 Å². The van der Waals surface area contributed by atoms with Crippen molar-refractivity contribution in [1.29, 1.82) is 0 Å². The number of anilines is 1. The van der Waals surface area contributed by atoms with Gasteiger partial charge in [-0.2, -0.15) is 27.1 Å². The average Bonchev–Trinajstić information content (AvgIpc) is 3.24. The molecule has 0 N–H and O–H groups in total. The topological polar surface area (TPSA) is 15.6 Å². The van der Waals surface area contributed by atoms with Crippen molar-refractivity contribution in [3.8, 4) is 11.1 Å². The van der Waals surface area contributed by atoms with Gasteiger partial charge in [0.2, 0.25) is 0 Å². The Kier molecular flexibility index (Phi) is 6.61. The van der Waals surface area contributed by atoms with Crippen molar-refractivity contribution in [2.45, 2.75) is 29.5 Å². The van der Waals surface area contributed by atoms with Gasteiger partial charge in [0.15, 0.2) is 0 Å². The Labute approximate surface area is 201 Å². The van der Waals surface area contributed by atoms with E-state index in [4.69, 9.17) is 11.6 Å². The molecular formula is C24H17ClF6N2S. The van der Waals surface area contributed by atoms with Crippen molar-refractivity contribution in [2.75, 3.05) is 11.3 Å². The summed E-state index contributed by atoms with van der Waals surface area (Å²) in [5.74, 6) is -6.04. The highest BCUT2D eigenvalue weighted by molar-refractivity contribution is 7.98. The third kappa shape index (κ3) is 4.63. The normalized spacial score (nSPS) is 16.6. The SMILES string of the molecule is CSc1cccc(-c2ccc(C3CC(C(F)(F)C(F)(F)F)=NN3c3ccc(Cl)cc3F)cc2)c1. The third-order valence-electron chi connectivity index (χ3n) is 5.48. The first-order chi connectivity index (χ1) is 16.0. The van der Waals surface area contributed by atoms with Gasteiger partial charge in [-0.3, -0.25) is 5.01 Å². The minimum atomic E-state index is -5.82. The van der Waals surface area contributed by atoms with Crippen LogP contribution in [0.1, 0.15) is 18.0 Å². The second-order valence-electron chi connectivity index (χ2n) is 7.63. The second-order valence-corrected chi connectivity index (χ2v) is 8.95. The standard InChI is InChI=1S/C24H17ClF6N2S/c1-34-18-4-2-3-16(11-18)14-5-7-15(8-6-14)21-13-22(23(27,28)24(29,30)31)32-33(21)20-10-9-17(25)12-19(20)26/h2-12,21H,13H2,1H3. The van der Waals surface area contributed by atoms with Gasteiger partial charge in [-0.05, 0) is 53.3 Å². The molecule has 1 unspecified atom stereocenters. The maximum absolute atomic E-state index is 14.6. The second kappa shape index (κ2) is 9.19.